The highest BCUT2D eigenvalue weighted by molar-refractivity contribution is 7.13. The van der Waals surface area contributed by atoms with Gasteiger partial charge in [0.2, 0.25) is 5.95 Å². The number of anilines is 1. The zero-order valence-corrected chi connectivity index (χ0v) is 13.4. The minimum Gasteiger partial charge on any atom is -0.378 e. The van der Waals surface area contributed by atoms with Gasteiger partial charge in [0, 0.05) is 19.3 Å². The third-order valence-corrected chi connectivity index (χ3v) is 4.60. The molecule has 0 atom stereocenters. The van der Waals surface area contributed by atoms with Gasteiger partial charge < -0.3 is 9.64 Å². The summed E-state index contributed by atoms with van der Waals surface area (Å²) in [6.45, 7) is 3.06. The smallest absolute Gasteiger partial charge is 0.226 e. The van der Waals surface area contributed by atoms with Crippen LogP contribution in [0.1, 0.15) is 0 Å². The molecule has 4 rings (SSSR count). The molecule has 0 aromatic carbocycles. The lowest BCUT2D eigenvalue weighted by Crippen LogP contribution is -2.37. The van der Waals surface area contributed by atoms with Gasteiger partial charge >= 0.3 is 0 Å². The molecule has 0 bridgehead atoms. The van der Waals surface area contributed by atoms with Crippen LogP contribution < -0.4 is 4.90 Å². The van der Waals surface area contributed by atoms with Crippen LogP contribution in [0.15, 0.2) is 48.0 Å². The van der Waals surface area contributed by atoms with Crippen molar-refractivity contribution in [3.8, 4) is 22.0 Å². The summed E-state index contributed by atoms with van der Waals surface area (Å²) >= 11 is 1.68. The average Bonchev–Trinajstić information content (AvgIpc) is 3.18. The van der Waals surface area contributed by atoms with E-state index in [1.54, 1.807) is 17.5 Å². The molecule has 23 heavy (non-hydrogen) atoms. The number of pyridine rings is 1. The Morgan fingerprint density at radius 2 is 1.83 bits per heavy atom. The maximum absolute atomic E-state index is 5.43. The van der Waals surface area contributed by atoms with Crippen molar-refractivity contribution >= 4 is 17.3 Å². The van der Waals surface area contributed by atoms with Gasteiger partial charge in [-0.3, -0.25) is 4.98 Å². The molecule has 1 saturated heterocycles. The number of ether oxygens (including phenoxy) is 1. The molecular formula is C17H16N4OS. The highest BCUT2D eigenvalue weighted by atomic mass is 32.1. The zero-order chi connectivity index (χ0) is 15.5. The van der Waals surface area contributed by atoms with Gasteiger partial charge in [0.05, 0.1) is 35.2 Å². The van der Waals surface area contributed by atoms with Crippen molar-refractivity contribution in [1.82, 2.24) is 15.0 Å². The first kappa shape index (κ1) is 14.3. The molecule has 3 aromatic heterocycles. The van der Waals surface area contributed by atoms with Gasteiger partial charge in [-0.2, -0.15) is 0 Å². The molecule has 1 aliphatic rings. The summed E-state index contributed by atoms with van der Waals surface area (Å²) in [5, 5.41) is 2.06. The Morgan fingerprint density at radius 3 is 2.57 bits per heavy atom. The summed E-state index contributed by atoms with van der Waals surface area (Å²) in [6.07, 6.45) is 1.79. The maximum atomic E-state index is 5.43. The highest BCUT2D eigenvalue weighted by Gasteiger charge is 2.17. The van der Waals surface area contributed by atoms with Crippen LogP contribution in [0.3, 0.4) is 0 Å². The van der Waals surface area contributed by atoms with Gasteiger partial charge in [-0.05, 0) is 29.6 Å². The number of nitrogens with zero attached hydrogens (tertiary/aromatic N) is 4. The minimum atomic E-state index is 0.714. The third-order valence-electron chi connectivity index (χ3n) is 3.71. The number of morpholine rings is 1. The Labute approximate surface area is 138 Å². The lowest BCUT2D eigenvalue weighted by molar-refractivity contribution is 0.122. The molecule has 0 amide bonds. The molecule has 0 N–H and O–H groups in total. The molecule has 5 nitrogen and oxygen atoms in total. The van der Waals surface area contributed by atoms with Gasteiger partial charge in [-0.1, -0.05) is 12.1 Å². The molecule has 1 fully saturated rings. The topological polar surface area (TPSA) is 51.1 Å². The second-order valence-corrected chi connectivity index (χ2v) is 6.18. The van der Waals surface area contributed by atoms with Crippen LogP contribution in [0.4, 0.5) is 5.95 Å². The van der Waals surface area contributed by atoms with E-state index in [0.717, 1.165) is 41.0 Å². The van der Waals surface area contributed by atoms with E-state index in [0.29, 0.717) is 13.2 Å². The van der Waals surface area contributed by atoms with E-state index in [-0.39, 0.29) is 0 Å². The fraction of sp³-hybridized carbons (Fsp3) is 0.235. The molecule has 0 spiro atoms. The standard InChI is InChI=1S/C17H16N4OS/c1-2-6-18-13(4-1)14-12-15(16-5-3-11-23-16)20-17(19-14)21-7-9-22-10-8-21/h1-6,11-12H,7-10H2. The van der Waals surface area contributed by atoms with E-state index in [1.165, 1.54) is 0 Å². The number of hydrogen-bond acceptors (Lipinski definition) is 6. The monoisotopic (exact) mass is 324 g/mol. The van der Waals surface area contributed by atoms with Crippen LogP contribution in [0.5, 0.6) is 0 Å². The SMILES string of the molecule is c1ccc(-c2cc(-c3cccs3)nc(N3CCOCC3)n2)nc1. The Kier molecular flexibility index (Phi) is 4.00. The quantitative estimate of drug-likeness (QED) is 0.741. The lowest BCUT2D eigenvalue weighted by Gasteiger charge is -2.27. The molecule has 3 aromatic rings. The Morgan fingerprint density at radius 1 is 0.957 bits per heavy atom. The van der Waals surface area contributed by atoms with Gasteiger partial charge in [0.25, 0.3) is 0 Å². The van der Waals surface area contributed by atoms with Crippen molar-refractivity contribution in [3.05, 3.63) is 48.0 Å². The highest BCUT2D eigenvalue weighted by Crippen LogP contribution is 2.28. The van der Waals surface area contributed by atoms with Crippen molar-refractivity contribution in [3.63, 3.8) is 0 Å². The van der Waals surface area contributed by atoms with E-state index in [1.807, 2.05) is 30.3 Å². The van der Waals surface area contributed by atoms with Crippen molar-refractivity contribution < 1.29 is 4.74 Å². The maximum Gasteiger partial charge on any atom is 0.226 e. The van der Waals surface area contributed by atoms with Crippen LogP contribution in [-0.4, -0.2) is 41.3 Å². The van der Waals surface area contributed by atoms with Crippen LogP contribution in [-0.2, 0) is 4.74 Å². The summed E-state index contributed by atoms with van der Waals surface area (Å²) < 4.78 is 5.43. The number of hydrogen-bond donors (Lipinski definition) is 0. The largest absolute Gasteiger partial charge is 0.378 e. The Balaban J connectivity index is 1.80. The van der Waals surface area contributed by atoms with E-state index in [4.69, 9.17) is 14.7 Å². The predicted molar refractivity (Wildman–Crippen MR) is 91.6 cm³/mol. The first-order valence-electron chi connectivity index (χ1n) is 7.57. The van der Waals surface area contributed by atoms with Gasteiger partial charge in [0.15, 0.2) is 0 Å². The summed E-state index contributed by atoms with van der Waals surface area (Å²) in [5.74, 6) is 0.750. The average molecular weight is 324 g/mol. The number of rotatable bonds is 3. The van der Waals surface area contributed by atoms with E-state index in [9.17, 15) is 0 Å². The van der Waals surface area contributed by atoms with Gasteiger partial charge in [0.1, 0.15) is 0 Å². The summed E-state index contributed by atoms with van der Waals surface area (Å²) in [7, 11) is 0. The number of thiophene rings is 1. The summed E-state index contributed by atoms with van der Waals surface area (Å²) in [4.78, 5) is 17.2. The van der Waals surface area contributed by atoms with Crippen LogP contribution in [0.25, 0.3) is 22.0 Å². The molecule has 116 valence electrons. The summed E-state index contributed by atoms with van der Waals surface area (Å²) in [5.41, 5.74) is 2.66. The Hall–Kier alpha value is -2.31. The van der Waals surface area contributed by atoms with E-state index < -0.39 is 0 Å². The van der Waals surface area contributed by atoms with Crippen molar-refractivity contribution in [2.45, 2.75) is 0 Å². The van der Waals surface area contributed by atoms with Gasteiger partial charge in [-0.15, -0.1) is 11.3 Å². The molecule has 0 saturated carbocycles. The van der Waals surface area contributed by atoms with Crippen molar-refractivity contribution in [2.24, 2.45) is 0 Å². The first-order chi connectivity index (χ1) is 11.4. The predicted octanol–water partition coefficient (Wildman–Crippen LogP) is 3.10. The molecular weight excluding hydrogens is 308 g/mol. The van der Waals surface area contributed by atoms with Crippen molar-refractivity contribution in [1.29, 1.82) is 0 Å². The second kappa shape index (κ2) is 6.44. The molecule has 0 radical (unpaired) electrons. The lowest BCUT2D eigenvalue weighted by atomic mass is 10.2. The molecule has 0 aliphatic carbocycles. The zero-order valence-electron chi connectivity index (χ0n) is 12.6. The fourth-order valence-electron chi connectivity index (χ4n) is 2.54. The summed E-state index contributed by atoms with van der Waals surface area (Å²) in [6, 6.07) is 12.0. The normalized spacial score (nSPS) is 14.9. The minimum absolute atomic E-state index is 0.714. The number of aromatic nitrogens is 3. The van der Waals surface area contributed by atoms with E-state index in [2.05, 4.69) is 21.3 Å². The van der Waals surface area contributed by atoms with E-state index >= 15 is 0 Å². The van der Waals surface area contributed by atoms with Crippen LogP contribution in [0, 0.1) is 0 Å². The third kappa shape index (κ3) is 3.09. The molecule has 1 aliphatic heterocycles. The Bertz CT molecular complexity index is 771. The molecule has 4 heterocycles. The van der Waals surface area contributed by atoms with Gasteiger partial charge in [-0.25, -0.2) is 9.97 Å². The van der Waals surface area contributed by atoms with Crippen molar-refractivity contribution in [2.75, 3.05) is 31.2 Å². The second-order valence-electron chi connectivity index (χ2n) is 5.23. The van der Waals surface area contributed by atoms with Crippen LogP contribution >= 0.6 is 11.3 Å². The fourth-order valence-corrected chi connectivity index (χ4v) is 3.22. The molecule has 6 heteroatoms. The van der Waals surface area contributed by atoms with Crippen LogP contribution in [0.2, 0.25) is 0 Å². The first-order valence-corrected chi connectivity index (χ1v) is 8.45. The molecule has 0 unspecified atom stereocenters.